The van der Waals surface area contributed by atoms with Crippen LogP contribution in [-0.4, -0.2) is 37.6 Å². The van der Waals surface area contributed by atoms with Crippen molar-refractivity contribution in [2.75, 3.05) is 7.05 Å². The first-order chi connectivity index (χ1) is 9.11. The van der Waals surface area contributed by atoms with Gasteiger partial charge in [0, 0.05) is 19.8 Å². The van der Waals surface area contributed by atoms with Crippen LogP contribution in [0.4, 0.5) is 0 Å². The second-order valence-electron chi connectivity index (χ2n) is 4.59. The van der Waals surface area contributed by atoms with Crippen molar-refractivity contribution in [3.05, 3.63) is 35.7 Å². The quantitative estimate of drug-likeness (QED) is 0.889. The number of rotatable bonds is 5. The summed E-state index contributed by atoms with van der Waals surface area (Å²) in [6, 6.07) is 3.74. The topological polar surface area (TPSA) is 66.8 Å². The van der Waals surface area contributed by atoms with Gasteiger partial charge in [0.1, 0.15) is 11.5 Å². The minimum absolute atomic E-state index is 0.0131. The van der Waals surface area contributed by atoms with E-state index in [2.05, 4.69) is 22.1 Å². The van der Waals surface area contributed by atoms with Gasteiger partial charge in [-0.15, -0.1) is 0 Å². The first-order valence-electron chi connectivity index (χ1n) is 6.40. The van der Waals surface area contributed by atoms with Gasteiger partial charge in [-0.2, -0.15) is 5.10 Å². The van der Waals surface area contributed by atoms with Crippen LogP contribution >= 0.6 is 0 Å². The Morgan fingerprint density at radius 3 is 2.95 bits per heavy atom. The number of hydrogen-bond acceptors (Lipinski definition) is 3. The Bertz CT molecular complexity index is 557. The molecule has 2 heterocycles. The summed E-state index contributed by atoms with van der Waals surface area (Å²) < 4.78 is 1.97. The van der Waals surface area contributed by atoms with Crippen LogP contribution in [0, 0.1) is 6.92 Å². The van der Waals surface area contributed by atoms with Gasteiger partial charge in [-0.3, -0.25) is 9.89 Å². The summed E-state index contributed by atoms with van der Waals surface area (Å²) in [6.07, 6.45) is 2.93. The van der Waals surface area contributed by atoms with E-state index < -0.39 is 0 Å². The lowest BCUT2D eigenvalue weighted by atomic mass is 10.3. The zero-order chi connectivity index (χ0) is 13.8. The van der Waals surface area contributed by atoms with Crippen LogP contribution in [0.3, 0.4) is 0 Å². The molecule has 1 amide bonds. The second-order valence-corrected chi connectivity index (χ2v) is 4.59. The van der Waals surface area contributed by atoms with Crippen molar-refractivity contribution in [1.82, 2.24) is 24.6 Å². The molecule has 0 saturated heterocycles. The van der Waals surface area contributed by atoms with Crippen LogP contribution in [0.15, 0.2) is 18.3 Å². The Hall–Kier alpha value is -2.11. The average Bonchev–Trinajstić information content (AvgIpc) is 2.98. The van der Waals surface area contributed by atoms with Crippen LogP contribution in [0.1, 0.15) is 35.5 Å². The first-order valence-corrected chi connectivity index (χ1v) is 6.40. The van der Waals surface area contributed by atoms with E-state index in [1.54, 1.807) is 11.9 Å². The maximum absolute atomic E-state index is 12.4. The minimum Gasteiger partial charge on any atom is -0.344 e. The van der Waals surface area contributed by atoms with Gasteiger partial charge in [0.15, 0.2) is 5.82 Å². The Morgan fingerprint density at radius 2 is 2.32 bits per heavy atom. The zero-order valence-electron chi connectivity index (χ0n) is 11.6. The fourth-order valence-electron chi connectivity index (χ4n) is 1.98. The maximum atomic E-state index is 12.4. The molecule has 0 aliphatic rings. The summed E-state index contributed by atoms with van der Waals surface area (Å²) in [4.78, 5) is 18.2. The van der Waals surface area contributed by atoms with Crippen LogP contribution in [0.2, 0.25) is 0 Å². The van der Waals surface area contributed by atoms with Gasteiger partial charge < -0.3 is 9.47 Å². The molecule has 0 spiro atoms. The molecule has 2 aromatic heterocycles. The highest BCUT2D eigenvalue weighted by molar-refractivity contribution is 5.92. The van der Waals surface area contributed by atoms with E-state index in [1.807, 2.05) is 29.8 Å². The molecule has 0 aromatic carbocycles. The van der Waals surface area contributed by atoms with Crippen LogP contribution < -0.4 is 0 Å². The normalized spacial score (nSPS) is 10.7. The number of nitrogens with zero attached hydrogens (tertiary/aromatic N) is 4. The number of aromatic nitrogens is 4. The molecule has 102 valence electrons. The molecule has 0 aliphatic carbocycles. The Balaban J connectivity index is 2.08. The highest BCUT2D eigenvalue weighted by atomic mass is 16.2. The van der Waals surface area contributed by atoms with Gasteiger partial charge in [0.2, 0.25) is 0 Å². The summed E-state index contributed by atoms with van der Waals surface area (Å²) in [6.45, 7) is 5.18. The zero-order valence-corrected chi connectivity index (χ0v) is 11.6. The molecule has 19 heavy (non-hydrogen) atoms. The van der Waals surface area contributed by atoms with Crippen molar-refractivity contribution < 1.29 is 4.79 Å². The summed E-state index contributed by atoms with van der Waals surface area (Å²) in [5.41, 5.74) is 0.705. The molecular weight excluding hydrogens is 242 g/mol. The summed E-state index contributed by atoms with van der Waals surface area (Å²) in [7, 11) is 1.76. The number of amides is 1. The SMILES string of the molecule is CCCn1cccc1C(=O)N(C)Cc1n[nH]c(C)n1. The summed E-state index contributed by atoms with van der Waals surface area (Å²) in [5.74, 6) is 1.37. The molecule has 6 heteroatoms. The van der Waals surface area contributed by atoms with E-state index in [1.165, 1.54) is 0 Å². The number of carbonyl (C=O) groups is 1. The standard InChI is InChI=1S/C13H19N5O/c1-4-7-18-8-5-6-11(18)13(19)17(3)9-12-14-10(2)15-16-12/h5-6,8H,4,7,9H2,1-3H3,(H,14,15,16). The molecule has 0 unspecified atom stereocenters. The molecular formula is C13H19N5O. The van der Waals surface area contributed by atoms with E-state index in [0.717, 1.165) is 18.8 Å². The van der Waals surface area contributed by atoms with Crippen molar-refractivity contribution in [3.63, 3.8) is 0 Å². The van der Waals surface area contributed by atoms with Gasteiger partial charge >= 0.3 is 0 Å². The third-order valence-corrected chi connectivity index (χ3v) is 2.88. The molecule has 1 N–H and O–H groups in total. The molecule has 0 atom stereocenters. The molecule has 2 rings (SSSR count). The lowest BCUT2D eigenvalue weighted by molar-refractivity contribution is 0.0771. The van der Waals surface area contributed by atoms with Crippen LogP contribution in [0.25, 0.3) is 0 Å². The van der Waals surface area contributed by atoms with E-state index in [-0.39, 0.29) is 5.91 Å². The lowest BCUT2D eigenvalue weighted by Crippen LogP contribution is -2.28. The third kappa shape index (κ3) is 3.01. The van der Waals surface area contributed by atoms with Gasteiger partial charge in [-0.25, -0.2) is 4.98 Å². The Kier molecular flexibility index (Phi) is 3.99. The highest BCUT2D eigenvalue weighted by Gasteiger charge is 2.16. The number of H-pyrrole nitrogens is 1. The minimum atomic E-state index is -0.0131. The number of carbonyl (C=O) groups excluding carboxylic acids is 1. The smallest absolute Gasteiger partial charge is 0.270 e. The van der Waals surface area contributed by atoms with Crippen molar-refractivity contribution in [2.45, 2.75) is 33.4 Å². The Labute approximate surface area is 112 Å². The summed E-state index contributed by atoms with van der Waals surface area (Å²) in [5, 5.41) is 6.82. The van der Waals surface area contributed by atoms with E-state index in [9.17, 15) is 4.79 Å². The van der Waals surface area contributed by atoms with Crippen LogP contribution in [0.5, 0.6) is 0 Å². The number of aromatic amines is 1. The highest BCUT2D eigenvalue weighted by Crippen LogP contribution is 2.08. The molecule has 0 bridgehead atoms. The third-order valence-electron chi connectivity index (χ3n) is 2.88. The van der Waals surface area contributed by atoms with Crippen molar-refractivity contribution in [2.24, 2.45) is 0 Å². The second kappa shape index (κ2) is 5.69. The monoisotopic (exact) mass is 261 g/mol. The molecule has 2 aromatic rings. The lowest BCUT2D eigenvalue weighted by Gasteiger charge is -2.16. The number of nitrogens with one attached hydrogen (secondary N) is 1. The van der Waals surface area contributed by atoms with Crippen molar-refractivity contribution in [1.29, 1.82) is 0 Å². The summed E-state index contributed by atoms with van der Waals surface area (Å²) >= 11 is 0. The fourth-order valence-corrected chi connectivity index (χ4v) is 1.98. The maximum Gasteiger partial charge on any atom is 0.270 e. The molecule has 6 nitrogen and oxygen atoms in total. The van der Waals surface area contributed by atoms with Gasteiger partial charge in [-0.05, 0) is 25.5 Å². The molecule has 0 aliphatic heterocycles. The van der Waals surface area contributed by atoms with Gasteiger partial charge in [0.05, 0.1) is 6.54 Å². The van der Waals surface area contributed by atoms with Crippen molar-refractivity contribution in [3.8, 4) is 0 Å². The molecule has 0 radical (unpaired) electrons. The van der Waals surface area contributed by atoms with Gasteiger partial charge in [0.25, 0.3) is 5.91 Å². The number of hydrogen-bond donors (Lipinski definition) is 1. The van der Waals surface area contributed by atoms with E-state index in [4.69, 9.17) is 0 Å². The predicted molar refractivity (Wildman–Crippen MR) is 71.6 cm³/mol. The number of aryl methyl sites for hydroxylation is 2. The predicted octanol–water partition coefficient (Wildman–Crippen LogP) is 1.60. The van der Waals surface area contributed by atoms with Crippen molar-refractivity contribution >= 4 is 5.91 Å². The van der Waals surface area contributed by atoms with Crippen LogP contribution in [-0.2, 0) is 13.1 Å². The largest absolute Gasteiger partial charge is 0.344 e. The van der Waals surface area contributed by atoms with Gasteiger partial charge in [-0.1, -0.05) is 6.92 Å². The average molecular weight is 261 g/mol. The first kappa shape index (κ1) is 13.3. The molecule has 0 saturated carbocycles. The molecule has 0 fully saturated rings. The fraction of sp³-hybridized carbons (Fsp3) is 0.462. The van der Waals surface area contributed by atoms with E-state index in [0.29, 0.717) is 18.1 Å². The van der Waals surface area contributed by atoms with E-state index >= 15 is 0 Å². The Morgan fingerprint density at radius 1 is 1.53 bits per heavy atom.